The number of hydrogen-bond acceptors (Lipinski definition) is 5. The van der Waals surface area contributed by atoms with Crippen LogP contribution in [0.2, 0.25) is 0 Å². The highest BCUT2D eigenvalue weighted by molar-refractivity contribution is 7.89. The molecular formula is C19H25FN4O3S. The quantitative estimate of drug-likeness (QED) is 0.760. The predicted molar refractivity (Wildman–Crippen MR) is 102 cm³/mol. The average molecular weight is 408 g/mol. The van der Waals surface area contributed by atoms with Crippen molar-refractivity contribution in [3.8, 4) is 0 Å². The molecule has 1 heterocycles. The fraction of sp³-hybridized carbons (Fsp3) is 0.526. The number of carbonyl (C=O) groups is 1. The smallest absolute Gasteiger partial charge is 0.274 e. The van der Waals surface area contributed by atoms with Gasteiger partial charge < -0.3 is 0 Å². The average Bonchev–Trinajstić information content (AvgIpc) is 3.31. The van der Waals surface area contributed by atoms with E-state index in [1.807, 2.05) is 32.4 Å². The van der Waals surface area contributed by atoms with E-state index in [4.69, 9.17) is 0 Å². The second-order valence-electron chi connectivity index (χ2n) is 7.82. The van der Waals surface area contributed by atoms with Crippen molar-refractivity contribution in [2.75, 3.05) is 0 Å². The molecule has 0 radical (unpaired) electrons. The predicted octanol–water partition coefficient (Wildman–Crippen LogP) is 3.05. The van der Waals surface area contributed by atoms with Gasteiger partial charge >= 0.3 is 10.0 Å². The summed E-state index contributed by atoms with van der Waals surface area (Å²) >= 11 is 0. The number of benzene rings is 1. The van der Waals surface area contributed by atoms with Gasteiger partial charge in [-0.1, -0.05) is 27.7 Å². The third kappa shape index (κ3) is 4.40. The number of halogens is 1. The summed E-state index contributed by atoms with van der Waals surface area (Å²) in [4.78, 5) is 16.4. The SMILES string of the molecule is CC(C)c1cc(F)cc(C(C)C)c1CC(=O)NS(=O)(=O)c1ncn(C2CC2)n1. The Morgan fingerprint density at radius 2 is 1.79 bits per heavy atom. The van der Waals surface area contributed by atoms with Gasteiger partial charge in [0.1, 0.15) is 12.1 Å². The number of amides is 1. The summed E-state index contributed by atoms with van der Waals surface area (Å²) in [6.45, 7) is 7.63. The molecule has 0 spiro atoms. The van der Waals surface area contributed by atoms with Crippen molar-refractivity contribution in [3.63, 3.8) is 0 Å². The minimum atomic E-state index is -4.16. The van der Waals surface area contributed by atoms with Crippen LogP contribution in [0.3, 0.4) is 0 Å². The zero-order chi connectivity index (χ0) is 20.6. The molecule has 1 aliphatic rings. The number of rotatable bonds is 7. The molecule has 7 nitrogen and oxygen atoms in total. The highest BCUT2D eigenvalue weighted by atomic mass is 32.2. The molecule has 0 atom stereocenters. The Morgan fingerprint density at radius 3 is 2.29 bits per heavy atom. The van der Waals surface area contributed by atoms with Crippen molar-refractivity contribution in [3.05, 3.63) is 41.0 Å². The maximum absolute atomic E-state index is 14.0. The summed E-state index contributed by atoms with van der Waals surface area (Å²) < 4.78 is 42.5. The van der Waals surface area contributed by atoms with Crippen LogP contribution in [0.25, 0.3) is 0 Å². The van der Waals surface area contributed by atoms with Crippen LogP contribution in [0, 0.1) is 5.82 Å². The first-order valence-corrected chi connectivity index (χ1v) is 10.9. The summed E-state index contributed by atoms with van der Waals surface area (Å²) in [5.74, 6) is -1.08. The molecule has 1 aromatic heterocycles. The number of sulfonamides is 1. The fourth-order valence-corrected chi connectivity index (χ4v) is 4.05. The van der Waals surface area contributed by atoms with Crippen LogP contribution in [0.4, 0.5) is 4.39 Å². The van der Waals surface area contributed by atoms with E-state index >= 15 is 0 Å². The minimum absolute atomic E-state index is 0.0106. The summed E-state index contributed by atoms with van der Waals surface area (Å²) in [7, 11) is -4.16. The Bertz CT molecular complexity index is 965. The van der Waals surface area contributed by atoms with E-state index in [-0.39, 0.29) is 30.1 Å². The standard InChI is InChI=1S/C19H25FN4O3S/c1-11(2)15-7-13(20)8-16(12(3)4)17(15)9-18(25)23-28(26,27)19-21-10-24(22-19)14-5-6-14/h7-8,10-12,14H,5-6,9H2,1-4H3,(H,23,25). The molecular weight excluding hydrogens is 383 g/mol. The van der Waals surface area contributed by atoms with E-state index in [1.165, 1.54) is 23.1 Å². The van der Waals surface area contributed by atoms with Gasteiger partial charge in [-0.05, 0) is 53.5 Å². The zero-order valence-corrected chi connectivity index (χ0v) is 17.3. The van der Waals surface area contributed by atoms with Crippen molar-refractivity contribution in [1.29, 1.82) is 0 Å². The van der Waals surface area contributed by atoms with Gasteiger partial charge in [0.05, 0.1) is 12.5 Å². The lowest BCUT2D eigenvalue weighted by Gasteiger charge is -2.19. The maximum atomic E-state index is 14.0. The Morgan fingerprint density at radius 1 is 1.21 bits per heavy atom. The van der Waals surface area contributed by atoms with Gasteiger partial charge in [0.15, 0.2) is 0 Å². The van der Waals surface area contributed by atoms with Gasteiger partial charge in [0, 0.05) is 0 Å². The van der Waals surface area contributed by atoms with Crippen LogP contribution in [-0.4, -0.2) is 29.1 Å². The van der Waals surface area contributed by atoms with Crippen molar-refractivity contribution < 1.29 is 17.6 Å². The first-order valence-electron chi connectivity index (χ1n) is 9.37. The van der Waals surface area contributed by atoms with Crippen molar-refractivity contribution >= 4 is 15.9 Å². The van der Waals surface area contributed by atoms with E-state index in [0.29, 0.717) is 16.7 Å². The lowest BCUT2D eigenvalue weighted by Crippen LogP contribution is -2.33. The number of nitrogens with zero attached hydrogens (tertiary/aromatic N) is 3. The lowest BCUT2D eigenvalue weighted by atomic mass is 9.87. The van der Waals surface area contributed by atoms with Gasteiger partial charge in [-0.25, -0.2) is 18.8 Å². The summed E-state index contributed by atoms with van der Waals surface area (Å²) in [5.41, 5.74) is 2.07. The van der Waals surface area contributed by atoms with E-state index in [9.17, 15) is 17.6 Å². The second kappa shape index (κ2) is 7.62. The van der Waals surface area contributed by atoms with E-state index in [2.05, 4.69) is 10.1 Å². The Labute approximate surface area is 164 Å². The molecule has 2 aromatic rings. The molecule has 3 rings (SSSR count). The fourth-order valence-electron chi connectivity index (χ4n) is 3.20. The minimum Gasteiger partial charge on any atom is -0.274 e. The Kier molecular flexibility index (Phi) is 5.56. The number of hydrogen-bond donors (Lipinski definition) is 1. The van der Waals surface area contributed by atoms with Gasteiger partial charge in [0.2, 0.25) is 5.91 Å². The van der Waals surface area contributed by atoms with Crippen LogP contribution < -0.4 is 4.72 Å². The van der Waals surface area contributed by atoms with Crippen LogP contribution >= 0.6 is 0 Å². The maximum Gasteiger partial charge on any atom is 0.301 e. The largest absolute Gasteiger partial charge is 0.301 e. The van der Waals surface area contributed by atoms with Crippen LogP contribution in [-0.2, 0) is 21.2 Å². The molecule has 0 aliphatic heterocycles. The molecule has 1 N–H and O–H groups in total. The van der Waals surface area contributed by atoms with E-state index in [0.717, 1.165) is 12.8 Å². The highest BCUT2D eigenvalue weighted by Crippen LogP contribution is 2.34. The Balaban J connectivity index is 1.84. The van der Waals surface area contributed by atoms with Gasteiger partial charge in [-0.3, -0.25) is 4.79 Å². The summed E-state index contributed by atoms with van der Waals surface area (Å²) in [6.07, 6.45) is 3.08. The highest BCUT2D eigenvalue weighted by Gasteiger charge is 2.29. The number of carbonyl (C=O) groups excluding carboxylic acids is 1. The molecule has 9 heteroatoms. The van der Waals surface area contributed by atoms with Crippen molar-refractivity contribution in [2.24, 2.45) is 0 Å². The zero-order valence-electron chi connectivity index (χ0n) is 16.4. The first kappa shape index (κ1) is 20.4. The van der Waals surface area contributed by atoms with Crippen LogP contribution in [0.1, 0.15) is 75.1 Å². The molecule has 0 bridgehead atoms. The topological polar surface area (TPSA) is 94.0 Å². The molecule has 0 saturated heterocycles. The monoisotopic (exact) mass is 408 g/mol. The third-order valence-corrected chi connectivity index (χ3v) is 5.93. The number of aromatic nitrogens is 3. The molecule has 152 valence electrons. The van der Waals surface area contributed by atoms with Gasteiger partial charge in [0.25, 0.3) is 5.16 Å². The first-order chi connectivity index (χ1) is 13.1. The lowest BCUT2D eigenvalue weighted by molar-refractivity contribution is -0.118. The van der Waals surface area contributed by atoms with E-state index in [1.54, 1.807) is 0 Å². The molecule has 0 unspecified atom stereocenters. The van der Waals surface area contributed by atoms with Gasteiger partial charge in [-0.15, -0.1) is 5.10 Å². The van der Waals surface area contributed by atoms with E-state index < -0.39 is 21.1 Å². The van der Waals surface area contributed by atoms with Gasteiger partial charge in [-0.2, -0.15) is 8.42 Å². The molecule has 1 amide bonds. The summed E-state index contributed by atoms with van der Waals surface area (Å²) in [5, 5.41) is 3.54. The molecule has 1 aromatic carbocycles. The van der Waals surface area contributed by atoms with Crippen LogP contribution in [0.15, 0.2) is 23.6 Å². The third-order valence-electron chi connectivity index (χ3n) is 4.76. The number of nitrogens with one attached hydrogen (secondary N) is 1. The second-order valence-corrected chi connectivity index (χ2v) is 9.39. The molecule has 1 aliphatic carbocycles. The summed E-state index contributed by atoms with van der Waals surface area (Å²) in [6, 6.07) is 3.01. The van der Waals surface area contributed by atoms with Crippen molar-refractivity contribution in [2.45, 2.75) is 70.0 Å². The van der Waals surface area contributed by atoms with Crippen molar-refractivity contribution in [1.82, 2.24) is 19.5 Å². The normalized spacial score (nSPS) is 14.7. The molecule has 28 heavy (non-hydrogen) atoms. The molecule has 1 saturated carbocycles. The molecule has 1 fully saturated rings. The Hall–Kier alpha value is -2.29. The van der Waals surface area contributed by atoms with Crippen LogP contribution in [0.5, 0.6) is 0 Å².